The first-order chi connectivity index (χ1) is 9.99. The quantitative estimate of drug-likeness (QED) is 0.860. The van der Waals surface area contributed by atoms with Gasteiger partial charge in [0.15, 0.2) is 0 Å². The van der Waals surface area contributed by atoms with Gasteiger partial charge in [-0.1, -0.05) is 12.1 Å². The van der Waals surface area contributed by atoms with Crippen LogP contribution in [0, 0.1) is 0 Å². The van der Waals surface area contributed by atoms with Gasteiger partial charge in [0.25, 0.3) is 11.5 Å². The van der Waals surface area contributed by atoms with Crippen molar-refractivity contribution < 1.29 is 4.79 Å². The topological polar surface area (TPSA) is 55.2 Å². The zero-order chi connectivity index (χ0) is 15.4. The van der Waals surface area contributed by atoms with Crippen molar-refractivity contribution in [3.8, 4) is 0 Å². The van der Waals surface area contributed by atoms with Crippen LogP contribution in [0.3, 0.4) is 0 Å². The molecule has 1 aromatic carbocycles. The predicted octanol–water partition coefficient (Wildman–Crippen LogP) is 1.77. The molecule has 0 spiro atoms. The molecule has 1 aromatic heterocycles. The van der Waals surface area contributed by atoms with E-state index in [9.17, 15) is 9.59 Å². The summed E-state index contributed by atoms with van der Waals surface area (Å²) in [5.74, 6) is -0.00454. The zero-order valence-corrected chi connectivity index (χ0v) is 12.5. The van der Waals surface area contributed by atoms with Crippen LogP contribution in [0.15, 0.2) is 47.7 Å². The van der Waals surface area contributed by atoms with Crippen LogP contribution in [0.1, 0.15) is 29.8 Å². The molecule has 110 valence electrons. The molecule has 0 aliphatic rings. The Kier molecular flexibility index (Phi) is 4.52. The molecule has 0 N–H and O–H groups in total. The maximum Gasteiger partial charge on any atom is 0.253 e. The minimum absolute atomic E-state index is 0.00454. The fourth-order valence-electron chi connectivity index (χ4n) is 1.88. The molecule has 1 amide bonds. The summed E-state index contributed by atoms with van der Waals surface area (Å²) >= 11 is 0. The van der Waals surface area contributed by atoms with E-state index < -0.39 is 0 Å². The second-order valence-corrected chi connectivity index (χ2v) is 5.25. The maximum absolute atomic E-state index is 12.2. The molecule has 0 unspecified atom stereocenters. The van der Waals surface area contributed by atoms with Gasteiger partial charge in [-0.15, -0.1) is 0 Å². The first-order valence-electron chi connectivity index (χ1n) is 6.85. The summed E-state index contributed by atoms with van der Waals surface area (Å²) in [6, 6.07) is 8.89. The van der Waals surface area contributed by atoms with Crippen molar-refractivity contribution in [3.05, 3.63) is 64.3 Å². The van der Waals surface area contributed by atoms with E-state index in [1.54, 1.807) is 24.1 Å². The van der Waals surface area contributed by atoms with Gasteiger partial charge in [0, 0.05) is 30.9 Å². The summed E-state index contributed by atoms with van der Waals surface area (Å²) in [6.45, 7) is 4.39. The van der Waals surface area contributed by atoms with E-state index in [4.69, 9.17) is 0 Å². The molecule has 2 aromatic rings. The lowest BCUT2D eigenvalue weighted by atomic mass is 10.1. The summed E-state index contributed by atoms with van der Waals surface area (Å²) < 4.78 is 1.52. The Labute approximate surface area is 123 Å². The highest BCUT2D eigenvalue weighted by Crippen LogP contribution is 2.09. The van der Waals surface area contributed by atoms with Crippen LogP contribution in [0.25, 0.3) is 0 Å². The van der Waals surface area contributed by atoms with Crippen LogP contribution in [-0.4, -0.2) is 33.4 Å². The third kappa shape index (κ3) is 3.56. The molecular formula is C16H19N3O2. The molecule has 0 saturated heterocycles. The molecule has 0 fully saturated rings. The lowest BCUT2D eigenvalue weighted by molar-refractivity contribution is 0.0755. The molecule has 5 nitrogen and oxygen atoms in total. The lowest BCUT2D eigenvalue weighted by Gasteiger charge is -2.21. The zero-order valence-electron chi connectivity index (χ0n) is 12.5. The van der Waals surface area contributed by atoms with Gasteiger partial charge in [-0.3, -0.25) is 14.2 Å². The Morgan fingerprint density at radius 2 is 1.90 bits per heavy atom. The standard InChI is InChI=1S/C16H19N3O2/c1-12(2)18(3)16(21)14-6-4-13(5-7-14)10-19-11-17-9-8-15(19)20/h4-9,11-12H,10H2,1-3H3. The van der Waals surface area contributed by atoms with E-state index in [0.717, 1.165) is 5.56 Å². The van der Waals surface area contributed by atoms with Gasteiger partial charge in [0.1, 0.15) is 0 Å². The van der Waals surface area contributed by atoms with Gasteiger partial charge in [0.05, 0.1) is 12.9 Å². The number of benzene rings is 1. The summed E-state index contributed by atoms with van der Waals surface area (Å²) in [4.78, 5) is 29.4. The van der Waals surface area contributed by atoms with Crippen molar-refractivity contribution in [2.45, 2.75) is 26.4 Å². The average Bonchev–Trinajstić information content (AvgIpc) is 2.49. The van der Waals surface area contributed by atoms with Crippen molar-refractivity contribution in [2.75, 3.05) is 7.05 Å². The van der Waals surface area contributed by atoms with Gasteiger partial charge in [-0.05, 0) is 31.5 Å². The highest BCUT2D eigenvalue weighted by molar-refractivity contribution is 5.94. The predicted molar refractivity (Wildman–Crippen MR) is 81.3 cm³/mol. The van der Waals surface area contributed by atoms with Crippen LogP contribution in [0.4, 0.5) is 0 Å². The molecule has 0 saturated carbocycles. The van der Waals surface area contributed by atoms with Gasteiger partial charge < -0.3 is 4.90 Å². The SMILES string of the molecule is CC(C)N(C)C(=O)c1ccc(Cn2cnccc2=O)cc1. The van der Waals surface area contributed by atoms with Gasteiger partial charge in [-0.25, -0.2) is 4.98 Å². The van der Waals surface area contributed by atoms with E-state index >= 15 is 0 Å². The van der Waals surface area contributed by atoms with Gasteiger partial charge >= 0.3 is 0 Å². The third-order valence-electron chi connectivity index (χ3n) is 3.44. The average molecular weight is 285 g/mol. The van der Waals surface area contributed by atoms with E-state index in [0.29, 0.717) is 12.1 Å². The van der Waals surface area contributed by atoms with E-state index in [1.807, 2.05) is 26.0 Å². The number of hydrogen-bond donors (Lipinski definition) is 0. The number of aromatic nitrogens is 2. The fraction of sp³-hybridized carbons (Fsp3) is 0.312. The van der Waals surface area contributed by atoms with Gasteiger partial charge in [0.2, 0.25) is 0 Å². The second kappa shape index (κ2) is 6.35. The highest BCUT2D eigenvalue weighted by atomic mass is 16.2. The molecule has 1 heterocycles. The molecule has 21 heavy (non-hydrogen) atoms. The lowest BCUT2D eigenvalue weighted by Crippen LogP contribution is -2.32. The molecule has 2 rings (SSSR count). The second-order valence-electron chi connectivity index (χ2n) is 5.25. The van der Waals surface area contributed by atoms with Crippen LogP contribution in [0.2, 0.25) is 0 Å². The Bertz CT molecular complexity index is 674. The Morgan fingerprint density at radius 1 is 1.24 bits per heavy atom. The van der Waals surface area contributed by atoms with Crippen LogP contribution in [0.5, 0.6) is 0 Å². The summed E-state index contributed by atoms with van der Waals surface area (Å²) in [5, 5.41) is 0. The number of carbonyl (C=O) groups is 1. The van der Waals surface area contributed by atoms with E-state index in [2.05, 4.69) is 4.98 Å². The van der Waals surface area contributed by atoms with E-state index in [-0.39, 0.29) is 17.5 Å². The molecule has 0 aliphatic heterocycles. The molecule has 5 heteroatoms. The largest absolute Gasteiger partial charge is 0.339 e. The Hall–Kier alpha value is -2.43. The van der Waals surface area contributed by atoms with E-state index in [1.165, 1.54) is 23.2 Å². The van der Waals surface area contributed by atoms with Crippen molar-refractivity contribution >= 4 is 5.91 Å². The van der Waals surface area contributed by atoms with Gasteiger partial charge in [-0.2, -0.15) is 0 Å². The minimum Gasteiger partial charge on any atom is -0.339 e. The number of carbonyl (C=O) groups excluding carboxylic acids is 1. The van der Waals surface area contributed by atoms with Crippen molar-refractivity contribution in [1.82, 2.24) is 14.5 Å². The Morgan fingerprint density at radius 3 is 2.48 bits per heavy atom. The normalized spacial score (nSPS) is 10.7. The summed E-state index contributed by atoms with van der Waals surface area (Å²) in [6.07, 6.45) is 2.98. The van der Waals surface area contributed by atoms with Crippen molar-refractivity contribution in [1.29, 1.82) is 0 Å². The molecule has 0 aliphatic carbocycles. The molecule has 0 bridgehead atoms. The summed E-state index contributed by atoms with van der Waals surface area (Å²) in [7, 11) is 1.79. The Balaban J connectivity index is 2.14. The minimum atomic E-state index is -0.0929. The maximum atomic E-state index is 12.2. The smallest absolute Gasteiger partial charge is 0.253 e. The third-order valence-corrected chi connectivity index (χ3v) is 3.44. The molecular weight excluding hydrogens is 266 g/mol. The highest BCUT2D eigenvalue weighted by Gasteiger charge is 2.13. The number of nitrogens with zero attached hydrogens (tertiary/aromatic N) is 3. The number of hydrogen-bond acceptors (Lipinski definition) is 3. The summed E-state index contributed by atoms with van der Waals surface area (Å²) in [5.41, 5.74) is 1.51. The van der Waals surface area contributed by atoms with Crippen LogP contribution >= 0.6 is 0 Å². The fourth-order valence-corrected chi connectivity index (χ4v) is 1.88. The van der Waals surface area contributed by atoms with Crippen molar-refractivity contribution in [2.24, 2.45) is 0 Å². The molecule has 0 radical (unpaired) electrons. The van der Waals surface area contributed by atoms with Crippen LogP contribution < -0.4 is 5.56 Å². The first kappa shape index (κ1) is 15.0. The molecule has 0 atom stereocenters. The number of rotatable bonds is 4. The van der Waals surface area contributed by atoms with Crippen molar-refractivity contribution in [3.63, 3.8) is 0 Å². The van der Waals surface area contributed by atoms with Crippen LogP contribution in [-0.2, 0) is 6.54 Å². The first-order valence-corrected chi connectivity index (χ1v) is 6.85. The monoisotopic (exact) mass is 285 g/mol. The number of amides is 1.